The third kappa shape index (κ3) is 2.75. The molecule has 1 fully saturated rings. The lowest BCUT2D eigenvalue weighted by Crippen LogP contribution is -1.68. The molecule has 60 valence electrons. The van der Waals surface area contributed by atoms with E-state index in [9.17, 15) is 0 Å². The Labute approximate surface area is 69.3 Å². The number of allylic oxidation sites excluding steroid dienone is 5. The first-order valence-electron chi connectivity index (χ1n) is 4.34. The molecule has 0 nitrogen and oxygen atoms in total. The summed E-state index contributed by atoms with van der Waals surface area (Å²) in [6.07, 6.45) is 13.2. The first kappa shape index (κ1) is 8.32. The highest BCUT2D eigenvalue weighted by atomic mass is 14.3. The molecule has 1 aliphatic carbocycles. The van der Waals surface area contributed by atoms with E-state index in [0.717, 1.165) is 18.3 Å². The van der Waals surface area contributed by atoms with E-state index in [4.69, 9.17) is 0 Å². The summed E-state index contributed by atoms with van der Waals surface area (Å²) in [6.45, 7) is 5.91. The van der Waals surface area contributed by atoms with Gasteiger partial charge in [0.15, 0.2) is 0 Å². The van der Waals surface area contributed by atoms with Crippen molar-refractivity contribution in [3.63, 3.8) is 0 Å². The van der Waals surface area contributed by atoms with Gasteiger partial charge in [-0.2, -0.15) is 0 Å². The van der Waals surface area contributed by atoms with E-state index >= 15 is 0 Å². The van der Waals surface area contributed by atoms with Crippen molar-refractivity contribution in [3.05, 3.63) is 37.0 Å². The maximum atomic E-state index is 3.77. The Morgan fingerprint density at radius 2 is 2.18 bits per heavy atom. The fourth-order valence-corrected chi connectivity index (χ4v) is 1.15. The van der Waals surface area contributed by atoms with Crippen LogP contribution in [0, 0.1) is 11.8 Å². The van der Waals surface area contributed by atoms with Crippen LogP contribution in [0.3, 0.4) is 0 Å². The van der Waals surface area contributed by atoms with E-state index in [2.05, 4.69) is 43.9 Å². The molecule has 0 aliphatic heterocycles. The Bertz CT molecular complexity index is 174. The van der Waals surface area contributed by atoms with Gasteiger partial charge in [0.1, 0.15) is 0 Å². The molecule has 1 saturated carbocycles. The lowest BCUT2D eigenvalue weighted by Gasteiger charge is -1.80. The first-order chi connectivity index (χ1) is 5.38. The summed E-state index contributed by atoms with van der Waals surface area (Å²) >= 11 is 0. The lowest BCUT2D eigenvalue weighted by molar-refractivity contribution is 0.998. The minimum atomic E-state index is 0.765. The molecule has 0 spiro atoms. The normalized spacial score (nSPS) is 29.9. The molecule has 0 heterocycles. The van der Waals surface area contributed by atoms with Gasteiger partial charge < -0.3 is 0 Å². The fourth-order valence-electron chi connectivity index (χ4n) is 1.15. The summed E-state index contributed by atoms with van der Waals surface area (Å²) in [5.41, 5.74) is 0. The van der Waals surface area contributed by atoms with Crippen LogP contribution in [0.15, 0.2) is 37.0 Å². The molecule has 0 saturated heterocycles. The molecule has 11 heavy (non-hydrogen) atoms. The molecule has 1 aliphatic rings. The molecule has 0 aromatic heterocycles. The van der Waals surface area contributed by atoms with Crippen LogP contribution in [-0.2, 0) is 0 Å². The summed E-state index contributed by atoms with van der Waals surface area (Å²) in [5, 5.41) is 0. The first-order valence-corrected chi connectivity index (χ1v) is 4.34. The second-order valence-corrected chi connectivity index (χ2v) is 3.02. The van der Waals surface area contributed by atoms with Crippen molar-refractivity contribution in [2.45, 2.75) is 19.8 Å². The van der Waals surface area contributed by atoms with Gasteiger partial charge in [-0.1, -0.05) is 37.3 Å². The molecule has 1 rings (SSSR count). The Morgan fingerprint density at radius 1 is 1.36 bits per heavy atom. The van der Waals surface area contributed by atoms with Gasteiger partial charge in [-0.15, -0.1) is 6.58 Å². The molecule has 0 amide bonds. The van der Waals surface area contributed by atoms with Crippen LogP contribution in [-0.4, -0.2) is 0 Å². The average Bonchev–Trinajstić information content (AvgIpc) is 2.77. The van der Waals surface area contributed by atoms with Gasteiger partial charge in [-0.25, -0.2) is 0 Å². The van der Waals surface area contributed by atoms with E-state index in [1.807, 2.05) is 0 Å². The van der Waals surface area contributed by atoms with Crippen molar-refractivity contribution in [1.82, 2.24) is 0 Å². The van der Waals surface area contributed by atoms with E-state index in [1.54, 1.807) is 0 Å². The highest BCUT2D eigenvalue weighted by Gasteiger charge is 2.30. The Morgan fingerprint density at radius 3 is 2.73 bits per heavy atom. The molecule has 2 unspecified atom stereocenters. The van der Waals surface area contributed by atoms with Crippen LogP contribution < -0.4 is 0 Å². The van der Waals surface area contributed by atoms with Crippen LogP contribution in [0.5, 0.6) is 0 Å². The third-order valence-corrected chi connectivity index (χ3v) is 2.04. The largest absolute Gasteiger partial charge is 0.103 e. The lowest BCUT2D eigenvalue weighted by atomic mass is 10.3. The van der Waals surface area contributed by atoms with Gasteiger partial charge in [0.2, 0.25) is 0 Å². The van der Waals surface area contributed by atoms with Crippen molar-refractivity contribution in [2.24, 2.45) is 11.8 Å². The van der Waals surface area contributed by atoms with Crippen molar-refractivity contribution < 1.29 is 0 Å². The van der Waals surface area contributed by atoms with Crippen LogP contribution >= 0.6 is 0 Å². The van der Waals surface area contributed by atoms with Crippen molar-refractivity contribution >= 4 is 0 Å². The topological polar surface area (TPSA) is 0 Å². The van der Waals surface area contributed by atoms with Crippen molar-refractivity contribution in [3.8, 4) is 0 Å². The highest BCUT2D eigenvalue weighted by Crippen LogP contribution is 2.40. The predicted molar refractivity (Wildman–Crippen MR) is 50.4 cm³/mol. The van der Waals surface area contributed by atoms with Crippen LogP contribution in [0.25, 0.3) is 0 Å². The second kappa shape index (κ2) is 4.17. The molecule has 0 bridgehead atoms. The van der Waals surface area contributed by atoms with Gasteiger partial charge in [-0.05, 0) is 24.7 Å². The molecular weight excluding hydrogens is 132 g/mol. The van der Waals surface area contributed by atoms with E-state index in [-0.39, 0.29) is 0 Å². The Balaban J connectivity index is 2.17. The zero-order valence-electron chi connectivity index (χ0n) is 7.16. The molecule has 0 aromatic rings. The smallest absolute Gasteiger partial charge is 0.0161 e. The van der Waals surface area contributed by atoms with Gasteiger partial charge in [0.25, 0.3) is 0 Å². The summed E-state index contributed by atoms with van der Waals surface area (Å²) in [5.74, 6) is 1.55. The molecular formula is C11H16. The number of hydrogen-bond acceptors (Lipinski definition) is 0. The van der Waals surface area contributed by atoms with Gasteiger partial charge >= 0.3 is 0 Å². The van der Waals surface area contributed by atoms with Crippen molar-refractivity contribution in [1.29, 1.82) is 0 Å². The quantitative estimate of drug-likeness (QED) is 0.424. The summed E-state index contributed by atoms with van der Waals surface area (Å²) < 4.78 is 0. The zero-order valence-corrected chi connectivity index (χ0v) is 7.16. The average molecular weight is 148 g/mol. The van der Waals surface area contributed by atoms with E-state index in [1.165, 1.54) is 6.42 Å². The predicted octanol–water partition coefficient (Wildman–Crippen LogP) is 3.33. The minimum Gasteiger partial charge on any atom is -0.103 e. The van der Waals surface area contributed by atoms with Crippen molar-refractivity contribution in [2.75, 3.05) is 0 Å². The maximum absolute atomic E-state index is 3.77. The Hall–Kier alpha value is -0.780. The molecule has 2 atom stereocenters. The zero-order chi connectivity index (χ0) is 8.10. The second-order valence-electron chi connectivity index (χ2n) is 3.02. The summed E-state index contributed by atoms with van der Waals surface area (Å²) in [6, 6.07) is 0. The number of hydrogen-bond donors (Lipinski definition) is 0. The van der Waals surface area contributed by atoms with Crippen LogP contribution in [0.2, 0.25) is 0 Å². The summed E-state index contributed by atoms with van der Waals surface area (Å²) in [4.78, 5) is 0. The highest BCUT2D eigenvalue weighted by molar-refractivity contribution is 5.13. The van der Waals surface area contributed by atoms with Gasteiger partial charge in [-0.3, -0.25) is 0 Å². The van der Waals surface area contributed by atoms with Gasteiger partial charge in [0.05, 0.1) is 0 Å². The van der Waals surface area contributed by atoms with E-state index < -0.39 is 0 Å². The van der Waals surface area contributed by atoms with Crippen LogP contribution in [0.1, 0.15) is 19.8 Å². The van der Waals surface area contributed by atoms with Gasteiger partial charge in [0, 0.05) is 0 Å². The Kier molecular flexibility index (Phi) is 3.15. The van der Waals surface area contributed by atoms with E-state index in [0.29, 0.717) is 0 Å². The SMILES string of the molecule is C=CC1CC1/C=C/C=CCC. The molecule has 0 radical (unpaired) electrons. The minimum absolute atomic E-state index is 0.765. The standard InChI is InChI=1S/C11H16/c1-3-5-6-7-8-11-9-10(11)4-2/h4-8,10-11H,2-3,9H2,1H3/b6-5?,8-7+. The maximum Gasteiger partial charge on any atom is -0.0161 e. The number of rotatable bonds is 4. The summed E-state index contributed by atoms with van der Waals surface area (Å²) in [7, 11) is 0. The molecule has 0 N–H and O–H groups in total. The fraction of sp³-hybridized carbons (Fsp3) is 0.455. The monoisotopic (exact) mass is 148 g/mol. The van der Waals surface area contributed by atoms with Crippen LogP contribution in [0.4, 0.5) is 0 Å². The molecule has 0 aromatic carbocycles. The third-order valence-electron chi connectivity index (χ3n) is 2.04. The molecule has 0 heteroatoms.